The van der Waals surface area contributed by atoms with E-state index in [0.717, 1.165) is 22.1 Å². The van der Waals surface area contributed by atoms with E-state index in [1.54, 1.807) is 0 Å². The van der Waals surface area contributed by atoms with Gasteiger partial charge in [-0.25, -0.2) is 0 Å². The number of hydrogen-bond donors (Lipinski definition) is 1. The standard InChI is InChI=1S/C11H8N6/c1-6-12-11-14-10-9(16-17(11)15-6)7-4-2-3-5-8(7)13-10/h2-5H,1H3,(H,12,13,14,15). The summed E-state index contributed by atoms with van der Waals surface area (Å²) in [6, 6.07) is 7.97. The van der Waals surface area contributed by atoms with E-state index in [1.807, 2.05) is 31.2 Å². The predicted octanol–water partition coefficient (Wildman–Crippen LogP) is 1.46. The summed E-state index contributed by atoms with van der Waals surface area (Å²) in [6.07, 6.45) is 0. The molecule has 0 amide bonds. The maximum atomic E-state index is 4.44. The summed E-state index contributed by atoms with van der Waals surface area (Å²) < 4.78 is 1.47. The van der Waals surface area contributed by atoms with E-state index in [4.69, 9.17) is 0 Å². The van der Waals surface area contributed by atoms with Gasteiger partial charge in [0.1, 0.15) is 5.52 Å². The summed E-state index contributed by atoms with van der Waals surface area (Å²) in [5, 5.41) is 9.65. The second-order valence-electron chi connectivity index (χ2n) is 3.93. The molecule has 0 fully saturated rings. The van der Waals surface area contributed by atoms with Crippen molar-refractivity contribution in [2.75, 3.05) is 0 Å². The minimum absolute atomic E-state index is 0.515. The van der Waals surface area contributed by atoms with Gasteiger partial charge in [0.05, 0.1) is 0 Å². The zero-order chi connectivity index (χ0) is 11.4. The van der Waals surface area contributed by atoms with Crippen molar-refractivity contribution < 1.29 is 0 Å². The van der Waals surface area contributed by atoms with Gasteiger partial charge in [-0.2, -0.15) is 9.97 Å². The summed E-state index contributed by atoms with van der Waals surface area (Å²) in [5.41, 5.74) is 2.58. The summed E-state index contributed by atoms with van der Waals surface area (Å²) in [6.45, 7) is 1.82. The first-order valence-electron chi connectivity index (χ1n) is 5.29. The first kappa shape index (κ1) is 8.63. The van der Waals surface area contributed by atoms with Gasteiger partial charge in [-0.05, 0) is 13.0 Å². The number of nitrogens with zero attached hydrogens (tertiary/aromatic N) is 5. The number of H-pyrrole nitrogens is 1. The molecule has 0 aliphatic carbocycles. The van der Waals surface area contributed by atoms with Gasteiger partial charge in [0.25, 0.3) is 5.78 Å². The number of fused-ring (bicyclic) bond motifs is 4. The number of rotatable bonds is 0. The first-order valence-corrected chi connectivity index (χ1v) is 5.29. The van der Waals surface area contributed by atoms with Crippen molar-refractivity contribution in [3.05, 3.63) is 30.1 Å². The van der Waals surface area contributed by atoms with E-state index >= 15 is 0 Å². The first-order chi connectivity index (χ1) is 8.31. The van der Waals surface area contributed by atoms with E-state index in [9.17, 15) is 0 Å². The smallest absolute Gasteiger partial charge is 0.272 e. The van der Waals surface area contributed by atoms with Crippen LogP contribution in [0, 0.1) is 6.92 Å². The third kappa shape index (κ3) is 1.09. The summed E-state index contributed by atoms with van der Waals surface area (Å²) >= 11 is 0. The highest BCUT2D eigenvalue weighted by atomic mass is 15.5. The van der Waals surface area contributed by atoms with E-state index in [-0.39, 0.29) is 0 Å². The second-order valence-corrected chi connectivity index (χ2v) is 3.93. The van der Waals surface area contributed by atoms with Crippen LogP contribution in [0.25, 0.3) is 27.8 Å². The molecule has 82 valence electrons. The molecule has 17 heavy (non-hydrogen) atoms. The molecule has 4 rings (SSSR count). The van der Waals surface area contributed by atoms with Crippen LogP contribution in [0.15, 0.2) is 24.3 Å². The Morgan fingerprint density at radius 2 is 2.00 bits per heavy atom. The molecule has 0 saturated carbocycles. The van der Waals surface area contributed by atoms with Crippen molar-refractivity contribution in [2.45, 2.75) is 6.92 Å². The SMILES string of the molecule is Cc1nc2nc3[nH]c4ccccc4c3nn2n1. The van der Waals surface area contributed by atoms with Gasteiger partial charge >= 0.3 is 0 Å². The Balaban J connectivity index is 2.26. The number of nitrogens with one attached hydrogen (secondary N) is 1. The van der Waals surface area contributed by atoms with Crippen molar-refractivity contribution in [1.82, 2.24) is 29.8 Å². The highest BCUT2D eigenvalue weighted by molar-refractivity contribution is 6.03. The number of aryl methyl sites for hydroxylation is 1. The molecular weight excluding hydrogens is 216 g/mol. The van der Waals surface area contributed by atoms with Crippen LogP contribution < -0.4 is 0 Å². The molecule has 0 unspecified atom stereocenters. The highest BCUT2D eigenvalue weighted by Gasteiger charge is 2.10. The summed E-state index contributed by atoms with van der Waals surface area (Å²) in [4.78, 5) is 11.8. The van der Waals surface area contributed by atoms with Crippen LogP contribution in [0.1, 0.15) is 5.82 Å². The Morgan fingerprint density at radius 3 is 2.94 bits per heavy atom. The van der Waals surface area contributed by atoms with Crippen LogP contribution in [0.3, 0.4) is 0 Å². The second kappa shape index (κ2) is 2.79. The molecule has 0 bridgehead atoms. The zero-order valence-corrected chi connectivity index (χ0v) is 9.05. The molecule has 0 aliphatic rings. The molecule has 3 heterocycles. The zero-order valence-electron chi connectivity index (χ0n) is 9.05. The lowest BCUT2D eigenvalue weighted by Gasteiger charge is -1.90. The number of para-hydroxylation sites is 1. The molecule has 0 spiro atoms. The molecular formula is C11H8N6. The third-order valence-electron chi connectivity index (χ3n) is 2.75. The Hall–Kier alpha value is -2.50. The lowest BCUT2D eigenvalue weighted by molar-refractivity contribution is 0.795. The van der Waals surface area contributed by atoms with E-state index in [2.05, 4.69) is 25.1 Å². The van der Waals surface area contributed by atoms with Crippen LogP contribution in [0.5, 0.6) is 0 Å². The van der Waals surface area contributed by atoms with Crippen LogP contribution in [-0.4, -0.2) is 29.8 Å². The van der Waals surface area contributed by atoms with Gasteiger partial charge in [0.15, 0.2) is 11.5 Å². The average molecular weight is 224 g/mol. The highest BCUT2D eigenvalue weighted by Crippen LogP contribution is 2.21. The van der Waals surface area contributed by atoms with Crippen molar-refractivity contribution in [1.29, 1.82) is 0 Å². The van der Waals surface area contributed by atoms with Gasteiger partial charge in [-0.15, -0.1) is 14.8 Å². The molecule has 0 radical (unpaired) electrons. The van der Waals surface area contributed by atoms with Crippen molar-refractivity contribution >= 4 is 27.8 Å². The van der Waals surface area contributed by atoms with Crippen molar-refractivity contribution in [3.8, 4) is 0 Å². The maximum Gasteiger partial charge on any atom is 0.272 e. The summed E-state index contributed by atoms with van der Waals surface area (Å²) in [5.74, 6) is 1.18. The Labute approximate surface area is 95.3 Å². The predicted molar refractivity (Wildman–Crippen MR) is 62.7 cm³/mol. The van der Waals surface area contributed by atoms with Gasteiger partial charge in [-0.1, -0.05) is 18.2 Å². The van der Waals surface area contributed by atoms with Gasteiger partial charge < -0.3 is 4.98 Å². The molecule has 6 nitrogen and oxygen atoms in total. The number of aromatic amines is 1. The molecule has 1 aromatic carbocycles. The van der Waals surface area contributed by atoms with Crippen molar-refractivity contribution in [2.24, 2.45) is 0 Å². The fraction of sp³-hybridized carbons (Fsp3) is 0.0909. The van der Waals surface area contributed by atoms with E-state index in [1.165, 1.54) is 4.63 Å². The number of aromatic nitrogens is 6. The number of benzene rings is 1. The largest absolute Gasteiger partial charge is 0.338 e. The van der Waals surface area contributed by atoms with E-state index in [0.29, 0.717) is 11.6 Å². The lowest BCUT2D eigenvalue weighted by Crippen LogP contribution is -1.96. The number of hydrogen-bond acceptors (Lipinski definition) is 4. The lowest BCUT2D eigenvalue weighted by atomic mass is 10.2. The Bertz CT molecular complexity index is 856. The molecule has 1 N–H and O–H groups in total. The topological polar surface area (TPSA) is 71.8 Å². The third-order valence-corrected chi connectivity index (χ3v) is 2.75. The monoisotopic (exact) mass is 224 g/mol. The minimum Gasteiger partial charge on any atom is -0.338 e. The quantitative estimate of drug-likeness (QED) is 0.491. The maximum absolute atomic E-state index is 4.44. The van der Waals surface area contributed by atoms with Crippen LogP contribution in [0.4, 0.5) is 0 Å². The van der Waals surface area contributed by atoms with Crippen LogP contribution in [-0.2, 0) is 0 Å². The van der Waals surface area contributed by atoms with Gasteiger partial charge in [0, 0.05) is 10.9 Å². The fourth-order valence-electron chi connectivity index (χ4n) is 2.02. The van der Waals surface area contributed by atoms with Crippen molar-refractivity contribution in [3.63, 3.8) is 0 Å². The average Bonchev–Trinajstić information content (AvgIpc) is 2.84. The minimum atomic E-state index is 0.515. The fourth-order valence-corrected chi connectivity index (χ4v) is 2.02. The summed E-state index contributed by atoms with van der Waals surface area (Å²) in [7, 11) is 0. The Morgan fingerprint density at radius 1 is 1.12 bits per heavy atom. The molecule has 3 aromatic heterocycles. The van der Waals surface area contributed by atoms with Crippen LogP contribution >= 0.6 is 0 Å². The normalized spacial score (nSPS) is 11.8. The van der Waals surface area contributed by atoms with Gasteiger partial charge in [0.2, 0.25) is 0 Å². The van der Waals surface area contributed by atoms with Crippen LogP contribution in [0.2, 0.25) is 0 Å². The Kier molecular flexibility index (Phi) is 1.42. The molecule has 0 saturated heterocycles. The van der Waals surface area contributed by atoms with E-state index < -0.39 is 0 Å². The van der Waals surface area contributed by atoms with Gasteiger partial charge in [-0.3, -0.25) is 0 Å². The molecule has 0 atom stereocenters. The molecule has 4 aromatic rings. The molecule has 0 aliphatic heterocycles. The molecule has 6 heteroatoms.